The fourth-order valence-electron chi connectivity index (χ4n) is 4.25. The van der Waals surface area contributed by atoms with Gasteiger partial charge in [-0.3, -0.25) is 19.5 Å². The van der Waals surface area contributed by atoms with Crippen molar-refractivity contribution in [3.63, 3.8) is 0 Å². The first kappa shape index (κ1) is 16.0. The molecule has 4 rings (SSSR count). The minimum absolute atomic E-state index is 0.102. The normalized spacial score (nSPS) is 23.0. The van der Waals surface area contributed by atoms with Crippen LogP contribution >= 0.6 is 0 Å². The van der Waals surface area contributed by atoms with Crippen LogP contribution < -0.4 is 5.32 Å². The number of hydrogen-bond donors (Lipinski definition) is 2. The summed E-state index contributed by atoms with van der Waals surface area (Å²) in [7, 11) is 0. The van der Waals surface area contributed by atoms with Gasteiger partial charge in [-0.1, -0.05) is 18.2 Å². The quantitative estimate of drug-likeness (QED) is 0.891. The Labute approximate surface area is 145 Å². The molecule has 2 fully saturated rings. The number of nitrogens with one attached hydrogen (secondary N) is 1. The van der Waals surface area contributed by atoms with Gasteiger partial charge < -0.3 is 10.4 Å². The zero-order valence-electron chi connectivity index (χ0n) is 13.9. The molecule has 1 atom stereocenters. The number of aliphatic carboxylic acids is 1. The molecule has 3 heterocycles. The number of carboxylic acid groups (broad SMARTS) is 1. The maximum atomic E-state index is 11.8. The Kier molecular flexibility index (Phi) is 3.92. The number of rotatable bonds is 3. The third-order valence-electron chi connectivity index (χ3n) is 5.62. The molecule has 2 aliphatic heterocycles. The van der Waals surface area contributed by atoms with Crippen molar-refractivity contribution in [1.82, 2.24) is 15.2 Å². The molecule has 1 aromatic heterocycles. The van der Waals surface area contributed by atoms with Gasteiger partial charge in [-0.05, 0) is 30.5 Å². The Morgan fingerprint density at radius 3 is 2.84 bits per heavy atom. The summed E-state index contributed by atoms with van der Waals surface area (Å²) in [5, 5.41) is 13.6. The van der Waals surface area contributed by atoms with E-state index in [9.17, 15) is 14.7 Å². The van der Waals surface area contributed by atoms with E-state index in [1.165, 1.54) is 5.56 Å². The van der Waals surface area contributed by atoms with Gasteiger partial charge in [0.05, 0.1) is 17.0 Å². The van der Waals surface area contributed by atoms with Crippen molar-refractivity contribution in [3.05, 3.63) is 42.1 Å². The minimum atomic E-state index is -0.869. The van der Waals surface area contributed by atoms with Gasteiger partial charge in [0, 0.05) is 37.6 Å². The molecular weight excluding hydrogens is 318 g/mol. The lowest BCUT2D eigenvalue weighted by atomic mass is 9.77. The van der Waals surface area contributed by atoms with Crippen molar-refractivity contribution < 1.29 is 14.7 Å². The third kappa shape index (κ3) is 2.87. The Morgan fingerprint density at radius 1 is 1.28 bits per heavy atom. The minimum Gasteiger partial charge on any atom is -0.481 e. The second kappa shape index (κ2) is 6.11. The number of benzene rings is 1. The monoisotopic (exact) mass is 339 g/mol. The van der Waals surface area contributed by atoms with E-state index in [2.05, 4.69) is 27.3 Å². The predicted octanol–water partition coefficient (Wildman–Crippen LogP) is 1.79. The average molecular weight is 339 g/mol. The summed E-state index contributed by atoms with van der Waals surface area (Å²) in [5.41, 5.74) is 1.65. The third-order valence-corrected chi connectivity index (χ3v) is 5.62. The number of pyridine rings is 1. The molecule has 1 aromatic carbocycles. The van der Waals surface area contributed by atoms with E-state index in [4.69, 9.17) is 0 Å². The van der Waals surface area contributed by atoms with Crippen LogP contribution in [-0.4, -0.2) is 45.5 Å². The van der Waals surface area contributed by atoms with Crippen molar-refractivity contribution in [2.45, 2.75) is 31.3 Å². The first-order valence-corrected chi connectivity index (χ1v) is 8.66. The van der Waals surface area contributed by atoms with Gasteiger partial charge in [-0.15, -0.1) is 0 Å². The SMILES string of the molecule is O=C1CC(C(=O)O)C2(CCN(Cc3cccc4ncccc34)CC2)N1. The Hall–Kier alpha value is -2.47. The first-order valence-electron chi connectivity index (χ1n) is 8.66. The Balaban J connectivity index is 1.49. The van der Waals surface area contributed by atoms with Crippen molar-refractivity contribution >= 4 is 22.8 Å². The van der Waals surface area contributed by atoms with Crippen LogP contribution in [-0.2, 0) is 16.1 Å². The number of piperidine rings is 1. The van der Waals surface area contributed by atoms with Gasteiger partial charge in [0.1, 0.15) is 0 Å². The molecular formula is C19H21N3O3. The number of amides is 1. The molecule has 2 aromatic rings. The molecule has 1 amide bonds. The van der Waals surface area contributed by atoms with Gasteiger partial charge in [0.25, 0.3) is 0 Å². The van der Waals surface area contributed by atoms with Gasteiger partial charge in [-0.25, -0.2) is 0 Å². The highest BCUT2D eigenvalue weighted by atomic mass is 16.4. The molecule has 6 nitrogen and oxygen atoms in total. The first-order chi connectivity index (χ1) is 12.1. The van der Waals surface area contributed by atoms with E-state index in [1.807, 2.05) is 18.2 Å². The molecule has 0 saturated carbocycles. The summed E-state index contributed by atoms with van der Waals surface area (Å²) >= 11 is 0. The smallest absolute Gasteiger partial charge is 0.309 e. The lowest BCUT2D eigenvalue weighted by molar-refractivity contribution is -0.144. The van der Waals surface area contributed by atoms with Crippen LogP contribution in [0.25, 0.3) is 10.9 Å². The maximum absolute atomic E-state index is 11.8. The summed E-state index contributed by atoms with van der Waals surface area (Å²) < 4.78 is 0. The molecule has 0 aliphatic carbocycles. The van der Waals surface area contributed by atoms with Crippen LogP contribution in [0.4, 0.5) is 0 Å². The number of carboxylic acids is 1. The fraction of sp³-hybridized carbons (Fsp3) is 0.421. The number of carbonyl (C=O) groups excluding carboxylic acids is 1. The summed E-state index contributed by atoms with van der Waals surface area (Å²) in [4.78, 5) is 30.0. The molecule has 2 aliphatic rings. The highest BCUT2D eigenvalue weighted by molar-refractivity contribution is 5.88. The van der Waals surface area contributed by atoms with Gasteiger partial charge in [0.2, 0.25) is 5.91 Å². The number of nitrogens with zero attached hydrogens (tertiary/aromatic N) is 2. The van der Waals surface area contributed by atoms with Crippen LogP contribution in [0.2, 0.25) is 0 Å². The van der Waals surface area contributed by atoms with Crippen molar-refractivity contribution in [3.8, 4) is 0 Å². The number of likely N-dealkylation sites (tertiary alicyclic amines) is 1. The van der Waals surface area contributed by atoms with Gasteiger partial charge >= 0.3 is 5.97 Å². The Bertz CT molecular complexity index is 822. The molecule has 1 unspecified atom stereocenters. The van der Waals surface area contributed by atoms with E-state index in [0.29, 0.717) is 12.8 Å². The topological polar surface area (TPSA) is 82.5 Å². The van der Waals surface area contributed by atoms with Crippen molar-refractivity contribution in [2.75, 3.05) is 13.1 Å². The van der Waals surface area contributed by atoms with Crippen LogP contribution in [0.1, 0.15) is 24.8 Å². The Morgan fingerprint density at radius 2 is 2.08 bits per heavy atom. The van der Waals surface area contributed by atoms with Gasteiger partial charge in [0.15, 0.2) is 0 Å². The highest BCUT2D eigenvalue weighted by Gasteiger charge is 2.51. The lowest BCUT2D eigenvalue weighted by Gasteiger charge is -2.41. The summed E-state index contributed by atoms with van der Waals surface area (Å²) in [6.07, 6.45) is 3.26. The standard InChI is InChI=1S/C19H21N3O3/c23-17-11-15(18(24)25)19(21-17)6-9-22(10-7-19)12-13-3-1-5-16-14(13)4-2-8-20-16/h1-5,8,15H,6-7,9-12H2,(H,21,23)(H,24,25). The molecule has 1 spiro atoms. The number of aromatic nitrogens is 1. The molecule has 0 radical (unpaired) electrons. The van der Waals surface area contributed by atoms with Crippen LogP contribution in [0, 0.1) is 5.92 Å². The highest BCUT2D eigenvalue weighted by Crippen LogP contribution is 2.37. The van der Waals surface area contributed by atoms with E-state index < -0.39 is 17.4 Å². The number of fused-ring (bicyclic) bond motifs is 1. The molecule has 0 bridgehead atoms. The van der Waals surface area contributed by atoms with E-state index in [0.717, 1.165) is 30.5 Å². The van der Waals surface area contributed by atoms with Crippen LogP contribution in [0.5, 0.6) is 0 Å². The number of hydrogen-bond acceptors (Lipinski definition) is 4. The predicted molar refractivity (Wildman–Crippen MR) is 92.9 cm³/mol. The van der Waals surface area contributed by atoms with E-state index in [1.54, 1.807) is 6.20 Å². The van der Waals surface area contributed by atoms with Crippen molar-refractivity contribution in [2.24, 2.45) is 5.92 Å². The molecule has 6 heteroatoms. The summed E-state index contributed by atoms with van der Waals surface area (Å²) in [6.45, 7) is 2.37. The lowest BCUT2D eigenvalue weighted by Crippen LogP contribution is -2.55. The summed E-state index contributed by atoms with van der Waals surface area (Å²) in [5.74, 6) is -1.61. The zero-order chi connectivity index (χ0) is 17.4. The molecule has 2 N–H and O–H groups in total. The molecule has 25 heavy (non-hydrogen) atoms. The largest absolute Gasteiger partial charge is 0.481 e. The zero-order valence-corrected chi connectivity index (χ0v) is 13.9. The van der Waals surface area contributed by atoms with E-state index >= 15 is 0 Å². The fourth-order valence-corrected chi connectivity index (χ4v) is 4.25. The average Bonchev–Trinajstić information content (AvgIpc) is 2.94. The van der Waals surface area contributed by atoms with Crippen LogP contribution in [0.3, 0.4) is 0 Å². The number of carbonyl (C=O) groups is 2. The molecule has 130 valence electrons. The molecule has 2 saturated heterocycles. The van der Waals surface area contributed by atoms with Crippen LogP contribution in [0.15, 0.2) is 36.5 Å². The second-order valence-corrected chi connectivity index (χ2v) is 7.06. The summed E-state index contributed by atoms with van der Waals surface area (Å²) in [6, 6.07) is 10.2. The second-order valence-electron chi connectivity index (χ2n) is 7.06. The van der Waals surface area contributed by atoms with Crippen molar-refractivity contribution in [1.29, 1.82) is 0 Å². The van der Waals surface area contributed by atoms with E-state index in [-0.39, 0.29) is 12.3 Å². The maximum Gasteiger partial charge on any atom is 0.309 e. The van der Waals surface area contributed by atoms with Gasteiger partial charge in [-0.2, -0.15) is 0 Å².